The number of H-pyrrole nitrogens is 1. The van der Waals surface area contributed by atoms with E-state index in [-0.39, 0.29) is 23.5 Å². The standard InChI is InChI=1S/C20H23N3O3/c1-26-13-16(24)23-11-9-20(10-12-23)8-7-15-17(20)21-18(22-19(15)25)14-5-3-2-4-6-14/h2-6H,7-13H2,1H3,(H,21,22,25). The Balaban J connectivity index is 1.65. The number of rotatable bonds is 3. The molecule has 0 unspecified atom stereocenters. The van der Waals surface area contributed by atoms with Gasteiger partial charge in [-0.05, 0) is 25.7 Å². The average Bonchev–Trinajstić information content (AvgIpc) is 3.02. The summed E-state index contributed by atoms with van der Waals surface area (Å²) >= 11 is 0. The Labute approximate surface area is 152 Å². The molecule has 0 bridgehead atoms. The number of fused-ring (bicyclic) bond motifs is 2. The van der Waals surface area contributed by atoms with Crippen LogP contribution in [0.4, 0.5) is 0 Å². The van der Waals surface area contributed by atoms with E-state index in [2.05, 4.69) is 4.98 Å². The zero-order valence-electron chi connectivity index (χ0n) is 15.0. The van der Waals surface area contributed by atoms with Gasteiger partial charge in [-0.15, -0.1) is 0 Å². The molecule has 1 aliphatic carbocycles. The van der Waals surface area contributed by atoms with E-state index in [0.29, 0.717) is 18.9 Å². The molecule has 4 rings (SSSR count). The van der Waals surface area contributed by atoms with Crippen LogP contribution in [-0.4, -0.2) is 47.6 Å². The molecule has 2 aliphatic rings. The van der Waals surface area contributed by atoms with Crippen molar-refractivity contribution in [2.75, 3.05) is 26.8 Å². The fourth-order valence-corrected chi connectivity index (χ4v) is 4.27. The molecule has 1 aromatic carbocycles. The van der Waals surface area contributed by atoms with Crippen LogP contribution in [0.5, 0.6) is 0 Å². The lowest BCUT2D eigenvalue weighted by Gasteiger charge is -2.39. The van der Waals surface area contributed by atoms with E-state index in [9.17, 15) is 9.59 Å². The fraction of sp³-hybridized carbons (Fsp3) is 0.450. The third-order valence-electron chi connectivity index (χ3n) is 5.76. The smallest absolute Gasteiger partial charge is 0.254 e. The summed E-state index contributed by atoms with van der Waals surface area (Å²) in [6.07, 6.45) is 3.39. The number of aromatic nitrogens is 2. The summed E-state index contributed by atoms with van der Waals surface area (Å²) in [6.45, 7) is 1.51. The van der Waals surface area contributed by atoms with Crippen LogP contribution < -0.4 is 5.56 Å². The predicted octanol–water partition coefficient (Wildman–Crippen LogP) is 1.89. The molecule has 6 heteroatoms. The highest BCUT2D eigenvalue weighted by Gasteiger charge is 2.44. The highest BCUT2D eigenvalue weighted by Crippen LogP contribution is 2.44. The zero-order chi connectivity index (χ0) is 18.1. The lowest BCUT2D eigenvalue weighted by molar-refractivity contribution is -0.136. The fourth-order valence-electron chi connectivity index (χ4n) is 4.27. The van der Waals surface area contributed by atoms with Gasteiger partial charge in [0.2, 0.25) is 5.91 Å². The normalized spacial score (nSPS) is 18.1. The number of aromatic amines is 1. The molecule has 6 nitrogen and oxygen atoms in total. The number of nitrogens with zero attached hydrogens (tertiary/aromatic N) is 2. The second kappa shape index (κ2) is 6.68. The third kappa shape index (κ3) is 2.84. The van der Waals surface area contributed by atoms with Crippen molar-refractivity contribution in [2.24, 2.45) is 0 Å². The Morgan fingerprint density at radius 1 is 1.23 bits per heavy atom. The third-order valence-corrected chi connectivity index (χ3v) is 5.76. The molecule has 1 saturated heterocycles. The van der Waals surface area contributed by atoms with Gasteiger partial charge in [0.1, 0.15) is 12.4 Å². The molecule has 0 saturated carbocycles. The predicted molar refractivity (Wildman–Crippen MR) is 98.0 cm³/mol. The number of carbonyl (C=O) groups excluding carboxylic acids is 1. The van der Waals surface area contributed by atoms with Crippen LogP contribution in [0.1, 0.15) is 30.5 Å². The summed E-state index contributed by atoms with van der Waals surface area (Å²) in [5.41, 5.74) is 2.57. The number of likely N-dealkylation sites (tertiary alicyclic amines) is 1. The number of carbonyl (C=O) groups is 1. The molecule has 1 N–H and O–H groups in total. The van der Waals surface area contributed by atoms with Crippen LogP contribution in [0, 0.1) is 0 Å². The van der Waals surface area contributed by atoms with Gasteiger partial charge in [-0.25, -0.2) is 4.98 Å². The van der Waals surface area contributed by atoms with Crippen molar-refractivity contribution in [2.45, 2.75) is 31.1 Å². The summed E-state index contributed by atoms with van der Waals surface area (Å²) in [7, 11) is 1.54. The number of hydrogen-bond donors (Lipinski definition) is 1. The lowest BCUT2D eigenvalue weighted by atomic mass is 9.76. The topological polar surface area (TPSA) is 75.3 Å². The molecular weight excluding hydrogens is 330 g/mol. The van der Waals surface area contributed by atoms with Gasteiger partial charge < -0.3 is 14.6 Å². The van der Waals surface area contributed by atoms with Crippen LogP contribution in [0.25, 0.3) is 11.4 Å². The van der Waals surface area contributed by atoms with E-state index in [1.54, 1.807) is 0 Å². The van der Waals surface area contributed by atoms with Gasteiger partial charge >= 0.3 is 0 Å². The maximum Gasteiger partial charge on any atom is 0.254 e. The summed E-state index contributed by atoms with van der Waals surface area (Å²) < 4.78 is 4.96. The summed E-state index contributed by atoms with van der Waals surface area (Å²) in [6, 6.07) is 9.75. The first-order valence-electron chi connectivity index (χ1n) is 9.09. The first-order chi connectivity index (χ1) is 12.6. The molecule has 0 radical (unpaired) electrons. The van der Waals surface area contributed by atoms with Crippen molar-refractivity contribution >= 4 is 5.91 Å². The first-order valence-corrected chi connectivity index (χ1v) is 9.09. The van der Waals surface area contributed by atoms with Gasteiger partial charge in [-0.3, -0.25) is 9.59 Å². The number of benzene rings is 1. The number of amides is 1. The zero-order valence-corrected chi connectivity index (χ0v) is 15.0. The van der Waals surface area contributed by atoms with Gasteiger partial charge in [-0.2, -0.15) is 0 Å². The highest BCUT2D eigenvalue weighted by molar-refractivity contribution is 5.77. The van der Waals surface area contributed by atoms with Crippen LogP contribution in [0.15, 0.2) is 35.1 Å². The van der Waals surface area contributed by atoms with Crippen LogP contribution >= 0.6 is 0 Å². The quantitative estimate of drug-likeness (QED) is 0.914. The number of hydrogen-bond acceptors (Lipinski definition) is 4. The Kier molecular flexibility index (Phi) is 4.36. The largest absolute Gasteiger partial charge is 0.375 e. The molecular formula is C20H23N3O3. The van der Waals surface area contributed by atoms with Crippen molar-refractivity contribution in [3.8, 4) is 11.4 Å². The van der Waals surface area contributed by atoms with Gasteiger partial charge in [-0.1, -0.05) is 30.3 Å². The SMILES string of the molecule is COCC(=O)N1CCC2(CCc3c2nc(-c2ccccc2)[nH]c3=O)CC1. The van der Waals surface area contributed by atoms with Crippen molar-refractivity contribution in [3.63, 3.8) is 0 Å². The van der Waals surface area contributed by atoms with Crippen LogP contribution in [0.3, 0.4) is 0 Å². The summed E-state index contributed by atoms with van der Waals surface area (Å²) in [4.78, 5) is 34.4. The molecule has 1 aromatic heterocycles. The molecule has 0 atom stereocenters. The Bertz CT molecular complexity index is 868. The maximum atomic E-state index is 12.6. The molecule has 1 fully saturated rings. The van der Waals surface area contributed by atoms with E-state index in [1.165, 1.54) is 7.11 Å². The van der Waals surface area contributed by atoms with Gasteiger partial charge in [0.25, 0.3) is 5.56 Å². The molecule has 1 amide bonds. The molecule has 2 aromatic rings. The lowest BCUT2D eigenvalue weighted by Crippen LogP contribution is -2.46. The van der Waals surface area contributed by atoms with E-state index < -0.39 is 0 Å². The molecule has 136 valence electrons. The average molecular weight is 353 g/mol. The Morgan fingerprint density at radius 2 is 1.96 bits per heavy atom. The van der Waals surface area contributed by atoms with E-state index in [1.807, 2.05) is 35.2 Å². The molecule has 26 heavy (non-hydrogen) atoms. The monoisotopic (exact) mass is 353 g/mol. The first kappa shape index (κ1) is 17.0. The highest BCUT2D eigenvalue weighted by atomic mass is 16.5. The van der Waals surface area contributed by atoms with Crippen LogP contribution in [-0.2, 0) is 21.4 Å². The summed E-state index contributed by atoms with van der Waals surface area (Å²) in [5, 5.41) is 0. The minimum absolute atomic E-state index is 0.0244. The van der Waals surface area contributed by atoms with Gasteiger partial charge in [0.15, 0.2) is 0 Å². The minimum Gasteiger partial charge on any atom is -0.375 e. The van der Waals surface area contributed by atoms with E-state index in [0.717, 1.165) is 42.5 Å². The number of nitrogens with one attached hydrogen (secondary N) is 1. The second-order valence-electron chi connectivity index (χ2n) is 7.20. The Hall–Kier alpha value is -2.47. The molecule has 2 heterocycles. The van der Waals surface area contributed by atoms with Crippen molar-refractivity contribution in [1.29, 1.82) is 0 Å². The van der Waals surface area contributed by atoms with Crippen molar-refractivity contribution < 1.29 is 9.53 Å². The number of ether oxygens (including phenoxy) is 1. The van der Waals surface area contributed by atoms with E-state index >= 15 is 0 Å². The number of methoxy groups -OCH3 is 1. The maximum absolute atomic E-state index is 12.6. The molecule has 1 aliphatic heterocycles. The minimum atomic E-state index is -0.0863. The van der Waals surface area contributed by atoms with Crippen molar-refractivity contribution in [3.05, 3.63) is 51.9 Å². The summed E-state index contributed by atoms with van der Waals surface area (Å²) in [5.74, 6) is 0.665. The Morgan fingerprint density at radius 3 is 2.65 bits per heavy atom. The number of piperidine rings is 1. The van der Waals surface area contributed by atoms with E-state index in [4.69, 9.17) is 9.72 Å². The van der Waals surface area contributed by atoms with Gasteiger partial charge in [0, 0.05) is 36.7 Å². The second-order valence-corrected chi connectivity index (χ2v) is 7.20. The van der Waals surface area contributed by atoms with Crippen molar-refractivity contribution in [1.82, 2.24) is 14.9 Å². The van der Waals surface area contributed by atoms with Gasteiger partial charge in [0.05, 0.1) is 5.69 Å². The molecule has 1 spiro atoms. The van der Waals surface area contributed by atoms with Crippen LogP contribution in [0.2, 0.25) is 0 Å².